The van der Waals surface area contributed by atoms with Crippen molar-refractivity contribution in [3.8, 4) is 0 Å². The van der Waals surface area contributed by atoms with Gasteiger partial charge in [0, 0.05) is 11.4 Å². The van der Waals surface area contributed by atoms with Gasteiger partial charge in [-0.1, -0.05) is 6.07 Å². The first-order chi connectivity index (χ1) is 9.40. The molecule has 1 unspecified atom stereocenters. The highest BCUT2D eigenvalue weighted by Crippen LogP contribution is 2.20. The molecule has 2 aromatic rings. The molecule has 0 aliphatic rings. The summed E-state index contributed by atoms with van der Waals surface area (Å²) in [7, 11) is -3.77. The van der Waals surface area contributed by atoms with Gasteiger partial charge in [0.2, 0.25) is 10.0 Å². The number of benzene rings is 1. The average Bonchev–Trinajstić information content (AvgIpc) is 2.89. The van der Waals surface area contributed by atoms with Crippen molar-refractivity contribution >= 4 is 21.4 Å². The smallest absolute Gasteiger partial charge is 0.240 e. The van der Waals surface area contributed by atoms with E-state index in [0.717, 1.165) is 12.1 Å². The molecule has 0 aliphatic carbocycles. The molecule has 1 aromatic heterocycles. The van der Waals surface area contributed by atoms with E-state index in [0.29, 0.717) is 10.4 Å². The minimum atomic E-state index is -3.77. The number of hydrogen-bond acceptors (Lipinski definition) is 4. The summed E-state index contributed by atoms with van der Waals surface area (Å²) in [4.78, 5) is 0.695. The summed E-state index contributed by atoms with van der Waals surface area (Å²) in [6.45, 7) is 1.40. The lowest BCUT2D eigenvalue weighted by Gasteiger charge is -2.12. The van der Waals surface area contributed by atoms with Crippen LogP contribution in [0.4, 0.5) is 4.39 Å². The molecule has 0 aliphatic heterocycles. The summed E-state index contributed by atoms with van der Waals surface area (Å²) >= 11 is 1.35. The van der Waals surface area contributed by atoms with Crippen molar-refractivity contribution in [2.24, 2.45) is 0 Å². The molecule has 0 radical (unpaired) electrons. The van der Waals surface area contributed by atoms with Gasteiger partial charge < -0.3 is 5.11 Å². The number of thiophene rings is 1. The van der Waals surface area contributed by atoms with E-state index in [4.69, 9.17) is 0 Å². The van der Waals surface area contributed by atoms with Crippen LogP contribution in [0.2, 0.25) is 0 Å². The van der Waals surface area contributed by atoms with Gasteiger partial charge in [0.25, 0.3) is 0 Å². The van der Waals surface area contributed by atoms with Gasteiger partial charge in [-0.05, 0) is 42.1 Å². The molecule has 0 spiro atoms. The van der Waals surface area contributed by atoms with Gasteiger partial charge in [-0.3, -0.25) is 0 Å². The number of nitrogens with one attached hydrogen (secondary N) is 1. The van der Waals surface area contributed by atoms with Crippen molar-refractivity contribution in [3.05, 3.63) is 52.0 Å². The zero-order chi connectivity index (χ0) is 14.8. The molecule has 4 nitrogen and oxygen atoms in total. The average molecular weight is 315 g/mol. The number of rotatable bonds is 5. The highest BCUT2D eigenvalue weighted by Gasteiger charge is 2.19. The number of aliphatic hydroxyl groups is 1. The minimum Gasteiger partial charge on any atom is -0.386 e. The number of hydrogen-bond donors (Lipinski definition) is 2. The summed E-state index contributed by atoms with van der Waals surface area (Å²) in [5.41, 5.74) is 0.322. The molecule has 20 heavy (non-hydrogen) atoms. The van der Waals surface area contributed by atoms with Crippen LogP contribution in [0.15, 0.2) is 40.6 Å². The van der Waals surface area contributed by atoms with Gasteiger partial charge in [0.05, 0.1) is 4.90 Å². The standard InChI is InChI=1S/C13H14FNO3S2/c1-9-7-10(14)4-5-13(9)20(17,18)15-8-11(16)12-3-2-6-19-12/h2-7,11,15-16H,8H2,1H3. The van der Waals surface area contributed by atoms with Crippen LogP contribution in [0, 0.1) is 12.7 Å². The van der Waals surface area contributed by atoms with Crippen molar-refractivity contribution in [1.82, 2.24) is 4.72 Å². The Morgan fingerprint density at radius 3 is 2.75 bits per heavy atom. The Kier molecular flexibility index (Phi) is 4.54. The van der Waals surface area contributed by atoms with Crippen molar-refractivity contribution in [3.63, 3.8) is 0 Å². The summed E-state index contributed by atoms with van der Waals surface area (Å²) in [6.07, 6.45) is -0.898. The molecule has 2 N–H and O–H groups in total. The molecule has 108 valence electrons. The molecule has 1 atom stereocenters. The fourth-order valence-electron chi connectivity index (χ4n) is 1.76. The lowest BCUT2D eigenvalue weighted by Crippen LogP contribution is -2.28. The number of aryl methyl sites for hydroxylation is 1. The highest BCUT2D eigenvalue weighted by atomic mass is 32.2. The fraction of sp³-hybridized carbons (Fsp3) is 0.231. The molecule has 0 fully saturated rings. The Morgan fingerprint density at radius 1 is 1.40 bits per heavy atom. The third kappa shape index (κ3) is 3.43. The van der Waals surface area contributed by atoms with E-state index in [9.17, 15) is 17.9 Å². The largest absolute Gasteiger partial charge is 0.386 e. The Morgan fingerprint density at radius 2 is 2.15 bits per heavy atom. The molecular weight excluding hydrogens is 301 g/mol. The van der Waals surface area contributed by atoms with E-state index in [1.54, 1.807) is 17.5 Å². The molecule has 1 aromatic carbocycles. The van der Waals surface area contributed by atoms with Crippen molar-refractivity contribution in [1.29, 1.82) is 0 Å². The Bertz CT molecular complexity index is 684. The first kappa shape index (κ1) is 15.1. The Labute approximate surface area is 120 Å². The van der Waals surface area contributed by atoms with Gasteiger partial charge >= 0.3 is 0 Å². The van der Waals surface area contributed by atoms with Crippen LogP contribution in [0.5, 0.6) is 0 Å². The first-order valence-electron chi connectivity index (χ1n) is 5.87. The maximum absolute atomic E-state index is 13.0. The van der Waals surface area contributed by atoms with Gasteiger partial charge in [-0.25, -0.2) is 17.5 Å². The number of sulfonamides is 1. The van der Waals surface area contributed by atoms with E-state index in [1.807, 2.05) is 0 Å². The molecule has 2 rings (SSSR count). The summed E-state index contributed by atoms with van der Waals surface area (Å²) < 4.78 is 39.5. The maximum Gasteiger partial charge on any atom is 0.240 e. The van der Waals surface area contributed by atoms with Crippen molar-refractivity contribution in [2.75, 3.05) is 6.54 Å². The second-order valence-electron chi connectivity index (χ2n) is 4.29. The Balaban J connectivity index is 2.11. The van der Waals surface area contributed by atoms with Gasteiger partial charge in [0.1, 0.15) is 11.9 Å². The van der Waals surface area contributed by atoms with E-state index in [-0.39, 0.29) is 11.4 Å². The molecular formula is C13H14FNO3S2. The van der Waals surface area contributed by atoms with Crippen LogP contribution < -0.4 is 4.72 Å². The van der Waals surface area contributed by atoms with Gasteiger partial charge in [0.15, 0.2) is 0 Å². The van der Waals surface area contributed by atoms with Crippen LogP contribution in [-0.2, 0) is 10.0 Å². The molecule has 0 bridgehead atoms. The Hall–Kier alpha value is -1.28. The number of halogens is 1. The second kappa shape index (κ2) is 6.01. The molecule has 7 heteroatoms. The van der Waals surface area contributed by atoms with Crippen molar-refractivity contribution in [2.45, 2.75) is 17.9 Å². The molecule has 0 saturated carbocycles. The zero-order valence-corrected chi connectivity index (χ0v) is 12.3. The first-order valence-corrected chi connectivity index (χ1v) is 8.24. The van der Waals surface area contributed by atoms with Crippen LogP contribution in [0.3, 0.4) is 0 Å². The summed E-state index contributed by atoms with van der Waals surface area (Å²) in [5.74, 6) is -0.486. The molecule has 0 amide bonds. The quantitative estimate of drug-likeness (QED) is 0.889. The highest BCUT2D eigenvalue weighted by molar-refractivity contribution is 7.89. The fourth-order valence-corrected chi connectivity index (χ4v) is 3.74. The van der Waals surface area contributed by atoms with Crippen LogP contribution >= 0.6 is 11.3 Å². The monoisotopic (exact) mass is 315 g/mol. The predicted molar refractivity (Wildman–Crippen MR) is 75.6 cm³/mol. The SMILES string of the molecule is Cc1cc(F)ccc1S(=O)(=O)NCC(O)c1cccs1. The van der Waals surface area contributed by atoms with Gasteiger partial charge in [-0.2, -0.15) is 0 Å². The zero-order valence-electron chi connectivity index (χ0n) is 10.7. The predicted octanol–water partition coefficient (Wildman–Crippen LogP) is 2.21. The van der Waals surface area contributed by atoms with E-state index < -0.39 is 21.9 Å². The lowest BCUT2D eigenvalue weighted by atomic mass is 10.2. The van der Waals surface area contributed by atoms with E-state index in [1.165, 1.54) is 24.3 Å². The summed E-state index contributed by atoms with van der Waals surface area (Å²) in [6, 6.07) is 6.97. The van der Waals surface area contributed by atoms with Gasteiger partial charge in [-0.15, -0.1) is 11.3 Å². The second-order valence-corrected chi connectivity index (χ2v) is 7.01. The van der Waals surface area contributed by atoms with Crippen molar-refractivity contribution < 1.29 is 17.9 Å². The number of aliphatic hydroxyl groups excluding tert-OH is 1. The normalized spacial score (nSPS) is 13.3. The third-order valence-corrected chi connectivity index (χ3v) is 5.32. The van der Waals surface area contributed by atoms with Crippen LogP contribution in [0.1, 0.15) is 16.5 Å². The molecule has 0 saturated heterocycles. The minimum absolute atomic E-state index is 0.0114. The van der Waals surface area contributed by atoms with E-state index >= 15 is 0 Å². The van der Waals surface area contributed by atoms with E-state index in [2.05, 4.69) is 4.72 Å². The van der Waals surface area contributed by atoms with Crippen LogP contribution in [0.25, 0.3) is 0 Å². The summed E-state index contributed by atoms with van der Waals surface area (Å²) in [5, 5.41) is 11.7. The topological polar surface area (TPSA) is 66.4 Å². The lowest BCUT2D eigenvalue weighted by molar-refractivity contribution is 0.186. The maximum atomic E-state index is 13.0. The molecule has 1 heterocycles. The van der Waals surface area contributed by atoms with Crippen LogP contribution in [-0.4, -0.2) is 20.1 Å². The third-order valence-electron chi connectivity index (χ3n) is 2.76.